The molecule has 5 nitrogen and oxygen atoms in total. The van der Waals surface area contributed by atoms with Gasteiger partial charge in [-0.1, -0.05) is 0 Å². The van der Waals surface area contributed by atoms with Crippen molar-refractivity contribution in [1.82, 2.24) is 10.0 Å². The van der Waals surface area contributed by atoms with E-state index in [0.717, 1.165) is 25.8 Å². The van der Waals surface area contributed by atoms with Gasteiger partial charge in [0.05, 0.1) is 6.26 Å². The first-order chi connectivity index (χ1) is 5.97. The van der Waals surface area contributed by atoms with Crippen LogP contribution in [0.2, 0.25) is 0 Å². The molecule has 1 aliphatic heterocycles. The first-order valence-corrected chi connectivity index (χ1v) is 6.08. The molecule has 0 bridgehead atoms. The molecule has 2 N–H and O–H groups in total. The Morgan fingerprint density at radius 2 is 2.15 bits per heavy atom. The zero-order valence-corrected chi connectivity index (χ0v) is 8.36. The van der Waals surface area contributed by atoms with Crippen molar-refractivity contribution in [1.29, 1.82) is 0 Å². The molecule has 0 aliphatic carbocycles. The van der Waals surface area contributed by atoms with E-state index in [2.05, 4.69) is 5.32 Å². The van der Waals surface area contributed by atoms with Crippen LogP contribution in [0.3, 0.4) is 0 Å². The molecule has 1 saturated heterocycles. The van der Waals surface area contributed by atoms with E-state index >= 15 is 0 Å². The maximum atomic E-state index is 11.0. The topological polar surface area (TPSA) is 75.3 Å². The van der Waals surface area contributed by atoms with E-state index in [0.29, 0.717) is 12.3 Å². The molecule has 0 aromatic heterocycles. The number of hydrogen-bond acceptors (Lipinski definition) is 4. The van der Waals surface area contributed by atoms with Crippen LogP contribution in [-0.4, -0.2) is 33.7 Å². The molecule has 1 heterocycles. The molecule has 6 heteroatoms. The lowest BCUT2D eigenvalue weighted by Gasteiger charge is -2.26. The minimum Gasteiger partial charge on any atom is -0.316 e. The smallest absolute Gasteiger partial charge is 0.233 e. The van der Waals surface area contributed by atoms with Gasteiger partial charge in [0, 0.05) is 6.42 Å². The number of nitrogens with one attached hydrogen (secondary N) is 2. The van der Waals surface area contributed by atoms with Crippen LogP contribution < -0.4 is 10.0 Å². The summed E-state index contributed by atoms with van der Waals surface area (Å²) in [6.45, 7) is 1.87. The summed E-state index contributed by atoms with van der Waals surface area (Å²) in [7, 11) is -3.38. The van der Waals surface area contributed by atoms with E-state index < -0.39 is 15.9 Å². The molecule has 1 rings (SSSR count). The third-order valence-electron chi connectivity index (χ3n) is 1.94. The summed E-state index contributed by atoms with van der Waals surface area (Å²) >= 11 is 0. The van der Waals surface area contributed by atoms with Crippen LogP contribution >= 0.6 is 0 Å². The fraction of sp³-hybridized carbons (Fsp3) is 0.857. The van der Waals surface area contributed by atoms with Gasteiger partial charge >= 0.3 is 0 Å². The Morgan fingerprint density at radius 1 is 1.54 bits per heavy atom. The largest absolute Gasteiger partial charge is 0.316 e. The van der Waals surface area contributed by atoms with E-state index in [9.17, 15) is 13.2 Å². The van der Waals surface area contributed by atoms with E-state index in [4.69, 9.17) is 0 Å². The van der Waals surface area contributed by atoms with Gasteiger partial charge in [-0.05, 0) is 25.4 Å². The first kappa shape index (κ1) is 10.5. The number of hydrogen-bond donors (Lipinski definition) is 2. The van der Waals surface area contributed by atoms with Crippen molar-refractivity contribution in [3.63, 3.8) is 0 Å². The summed E-state index contributed by atoms with van der Waals surface area (Å²) in [6, 6.07) is 0. The molecule has 0 atom stereocenters. The van der Waals surface area contributed by atoms with E-state index in [1.54, 1.807) is 0 Å². The second-order valence-corrected chi connectivity index (χ2v) is 5.11. The van der Waals surface area contributed by atoms with Gasteiger partial charge < -0.3 is 5.32 Å². The lowest BCUT2D eigenvalue weighted by molar-refractivity contribution is -0.119. The van der Waals surface area contributed by atoms with Crippen molar-refractivity contribution < 1.29 is 13.2 Å². The third kappa shape index (κ3) is 4.23. The fourth-order valence-corrected chi connectivity index (χ4v) is 1.66. The Balaban J connectivity index is 2.17. The highest BCUT2D eigenvalue weighted by Gasteiger charge is 2.18. The van der Waals surface area contributed by atoms with Gasteiger partial charge in [-0.2, -0.15) is 0 Å². The van der Waals surface area contributed by atoms with Crippen molar-refractivity contribution in [3.05, 3.63) is 0 Å². The molecule has 1 aliphatic rings. The highest BCUT2D eigenvalue weighted by Crippen LogP contribution is 2.10. The van der Waals surface area contributed by atoms with Gasteiger partial charge in [0.15, 0.2) is 0 Å². The van der Waals surface area contributed by atoms with Gasteiger partial charge in [-0.25, -0.2) is 8.42 Å². The molecule has 76 valence electrons. The molecule has 1 amide bonds. The predicted octanol–water partition coefficient (Wildman–Crippen LogP) is -0.938. The standard InChI is InChI=1S/C7H14N2O3S/c1-13(11,12)9-7(10)3-2-6-4-8-5-6/h6,8H,2-5H2,1H3,(H,9,10). The minimum atomic E-state index is -3.38. The molecular formula is C7H14N2O3S. The first-order valence-electron chi connectivity index (χ1n) is 4.19. The zero-order valence-electron chi connectivity index (χ0n) is 7.54. The van der Waals surface area contributed by atoms with E-state index in [1.165, 1.54) is 0 Å². The average molecular weight is 206 g/mol. The van der Waals surface area contributed by atoms with Gasteiger partial charge in [0.25, 0.3) is 0 Å². The molecule has 0 saturated carbocycles. The van der Waals surface area contributed by atoms with Crippen LogP contribution in [0.25, 0.3) is 0 Å². The summed E-state index contributed by atoms with van der Waals surface area (Å²) < 4.78 is 23.2. The molecule has 0 spiro atoms. The van der Waals surface area contributed by atoms with Crippen LogP contribution in [0, 0.1) is 5.92 Å². The lowest BCUT2D eigenvalue weighted by atomic mass is 9.97. The Labute approximate surface area is 77.9 Å². The molecule has 0 radical (unpaired) electrons. The second kappa shape index (κ2) is 4.06. The van der Waals surface area contributed by atoms with Crippen LogP contribution in [-0.2, 0) is 14.8 Å². The van der Waals surface area contributed by atoms with Crippen molar-refractivity contribution >= 4 is 15.9 Å². The predicted molar refractivity (Wildman–Crippen MR) is 48.6 cm³/mol. The van der Waals surface area contributed by atoms with Crippen molar-refractivity contribution in [2.24, 2.45) is 5.92 Å². The van der Waals surface area contributed by atoms with Gasteiger partial charge in [0.2, 0.25) is 15.9 Å². The Kier molecular flexibility index (Phi) is 3.27. The molecule has 0 aromatic rings. The van der Waals surface area contributed by atoms with Gasteiger partial charge in [-0.3, -0.25) is 9.52 Å². The van der Waals surface area contributed by atoms with Crippen LogP contribution in [0.15, 0.2) is 0 Å². The van der Waals surface area contributed by atoms with Gasteiger partial charge in [-0.15, -0.1) is 0 Å². The second-order valence-electron chi connectivity index (χ2n) is 3.36. The molecule has 1 fully saturated rings. The molecule has 0 unspecified atom stereocenters. The number of amides is 1. The minimum absolute atomic E-state index is 0.291. The summed E-state index contributed by atoms with van der Waals surface area (Å²) in [5.74, 6) is 0.125. The Hall–Kier alpha value is -0.620. The van der Waals surface area contributed by atoms with Crippen LogP contribution in [0.1, 0.15) is 12.8 Å². The molecule has 13 heavy (non-hydrogen) atoms. The number of carbonyl (C=O) groups excluding carboxylic acids is 1. The summed E-state index contributed by atoms with van der Waals surface area (Å²) in [4.78, 5) is 11.0. The van der Waals surface area contributed by atoms with Crippen LogP contribution in [0.5, 0.6) is 0 Å². The Morgan fingerprint density at radius 3 is 2.54 bits per heavy atom. The quantitative estimate of drug-likeness (QED) is 0.622. The summed E-state index contributed by atoms with van der Waals surface area (Å²) in [5.41, 5.74) is 0. The SMILES string of the molecule is CS(=O)(=O)NC(=O)CCC1CNC1. The van der Waals surface area contributed by atoms with Crippen molar-refractivity contribution in [2.75, 3.05) is 19.3 Å². The number of sulfonamides is 1. The third-order valence-corrected chi connectivity index (χ3v) is 2.54. The fourth-order valence-electron chi connectivity index (χ4n) is 1.15. The maximum Gasteiger partial charge on any atom is 0.233 e. The lowest BCUT2D eigenvalue weighted by Crippen LogP contribution is -2.42. The average Bonchev–Trinajstić information content (AvgIpc) is 1.78. The molecular weight excluding hydrogens is 192 g/mol. The monoisotopic (exact) mass is 206 g/mol. The van der Waals surface area contributed by atoms with Crippen molar-refractivity contribution in [3.8, 4) is 0 Å². The Bertz CT molecular complexity index is 282. The highest BCUT2D eigenvalue weighted by molar-refractivity contribution is 7.89. The normalized spacial score (nSPS) is 17.9. The number of carbonyl (C=O) groups is 1. The zero-order chi connectivity index (χ0) is 9.90. The molecule has 0 aromatic carbocycles. The summed E-state index contributed by atoms with van der Waals surface area (Å²) in [5, 5.41) is 3.08. The van der Waals surface area contributed by atoms with Crippen molar-refractivity contribution in [2.45, 2.75) is 12.8 Å². The van der Waals surface area contributed by atoms with E-state index in [1.807, 2.05) is 4.72 Å². The highest BCUT2D eigenvalue weighted by atomic mass is 32.2. The van der Waals surface area contributed by atoms with Gasteiger partial charge in [0.1, 0.15) is 0 Å². The van der Waals surface area contributed by atoms with Crippen LogP contribution in [0.4, 0.5) is 0 Å². The van der Waals surface area contributed by atoms with E-state index in [-0.39, 0.29) is 0 Å². The summed E-state index contributed by atoms with van der Waals surface area (Å²) in [6.07, 6.45) is 2.03. The maximum absolute atomic E-state index is 11.0. The number of rotatable bonds is 4.